The summed E-state index contributed by atoms with van der Waals surface area (Å²) in [4.78, 5) is 38.4. The lowest BCUT2D eigenvalue weighted by Crippen LogP contribution is -2.31. The predicted octanol–water partition coefficient (Wildman–Crippen LogP) is 4.44. The van der Waals surface area contributed by atoms with Gasteiger partial charge in [-0.2, -0.15) is 0 Å². The van der Waals surface area contributed by atoms with Crippen molar-refractivity contribution in [3.63, 3.8) is 0 Å². The van der Waals surface area contributed by atoms with E-state index in [-0.39, 0.29) is 11.3 Å². The second-order valence-electron chi connectivity index (χ2n) is 6.33. The third kappa shape index (κ3) is 3.19. The van der Waals surface area contributed by atoms with E-state index in [0.717, 1.165) is 0 Å². The minimum absolute atomic E-state index is 0.0956. The van der Waals surface area contributed by atoms with Gasteiger partial charge in [0.25, 0.3) is 11.6 Å². The number of rotatable bonds is 5. The quantitative estimate of drug-likeness (QED) is 0.383. The van der Waals surface area contributed by atoms with Crippen LogP contribution in [0.3, 0.4) is 0 Å². The molecule has 0 aliphatic carbocycles. The van der Waals surface area contributed by atoms with Gasteiger partial charge in [-0.1, -0.05) is 36.4 Å². The average molecular weight is 406 g/mol. The molecule has 0 saturated heterocycles. The van der Waals surface area contributed by atoms with Gasteiger partial charge in [0.15, 0.2) is 5.76 Å². The van der Waals surface area contributed by atoms with Crippen LogP contribution in [0.5, 0.6) is 0 Å². The number of Topliss-reactive ketones (excluding diaryl/α,β-unsaturated/α-hetero) is 1. The molecule has 1 amide bonds. The molecule has 1 aliphatic heterocycles. The van der Waals surface area contributed by atoms with E-state index in [1.54, 1.807) is 53.9 Å². The van der Waals surface area contributed by atoms with Gasteiger partial charge in [0.1, 0.15) is 0 Å². The molecule has 0 spiro atoms. The molecule has 0 unspecified atom stereocenters. The van der Waals surface area contributed by atoms with Crippen molar-refractivity contribution in [1.29, 1.82) is 0 Å². The molecule has 29 heavy (non-hydrogen) atoms. The van der Waals surface area contributed by atoms with E-state index in [1.807, 2.05) is 0 Å². The monoisotopic (exact) mass is 406 g/mol. The van der Waals surface area contributed by atoms with Crippen LogP contribution in [0.1, 0.15) is 21.3 Å². The van der Waals surface area contributed by atoms with Crippen molar-refractivity contribution in [1.82, 2.24) is 0 Å². The number of para-hydroxylation sites is 1. The van der Waals surface area contributed by atoms with Crippen LogP contribution in [0, 0.1) is 10.1 Å². The molecule has 2 aromatic carbocycles. The number of nitro groups is 1. The topological polar surface area (TPSA) is 101 Å². The molecule has 3 aromatic rings. The van der Waals surface area contributed by atoms with Gasteiger partial charge in [-0.3, -0.25) is 24.6 Å². The molecule has 0 bridgehead atoms. The number of nitro benzene ring substituents is 1. The van der Waals surface area contributed by atoms with Gasteiger partial charge in [-0.05, 0) is 29.1 Å². The van der Waals surface area contributed by atoms with E-state index in [1.165, 1.54) is 34.4 Å². The summed E-state index contributed by atoms with van der Waals surface area (Å²) in [6.45, 7) is 0. The maximum Gasteiger partial charge on any atom is 0.294 e. The molecule has 4 rings (SSSR count). The van der Waals surface area contributed by atoms with Crippen LogP contribution in [-0.2, 0) is 4.79 Å². The Hall–Kier alpha value is -3.78. The van der Waals surface area contributed by atoms with Crippen LogP contribution in [0.25, 0.3) is 0 Å². The number of thiophene rings is 1. The minimum Gasteiger partial charge on any atom is -0.503 e. The maximum absolute atomic E-state index is 13.1. The number of amides is 1. The Morgan fingerprint density at radius 3 is 2.48 bits per heavy atom. The van der Waals surface area contributed by atoms with E-state index < -0.39 is 28.4 Å². The van der Waals surface area contributed by atoms with Gasteiger partial charge in [0.05, 0.1) is 21.4 Å². The van der Waals surface area contributed by atoms with Crippen LogP contribution in [-0.4, -0.2) is 21.7 Å². The standard InChI is InChI=1S/C21H14N2O5S/c24-19(16-10-5-11-29-16)17-18(13-6-4-9-15(12-13)23(27)28)22(21(26)20(17)25)14-7-2-1-3-8-14/h1-12,18,25H/t18-/m1/s1. The van der Waals surface area contributed by atoms with Crippen molar-refractivity contribution in [2.24, 2.45) is 0 Å². The number of benzene rings is 2. The van der Waals surface area contributed by atoms with Gasteiger partial charge in [-0.15, -0.1) is 11.3 Å². The summed E-state index contributed by atoms with van der Waals surface area (Å²) in [7, 11) is 0. The highest BCUT2D eigenvalue weighted by Gasteiger charge is 2.45. The number of hydrogen-bond acceptors (Lipinski definition) is 6. The zero-order chi connectivity index (χ0) is 20.5. The molecule has 0 radical (unpaired) electrons. The Labute approximate surface area is 169 Å². The van der Waals surface area contributed by atoms with E-state index in [9.17, 15) is 24.8 Å². The Bertz CT molecular complexity index is 1140. The first-order valence-electron chi connectivity index (χ1n) is 8.63. The first kappa shape index (κ1) is 18.6. The van der Waals surface area contributed by atoms with E-state index >= 15 is 0 Å². The Balaban J connectivity index is 1.91. The molecular weight excluding hydrogens is 392 g/mol. The van der Waals surface area contributed by atoms with Crippen molar-refractivity contribution < 1.29 is 19.6 Å². The van der Waals surface area contributed by atoms with Crippen molar-refractivity contribution >= 4 is 34.4 Å². The van der Waals surface area contributed by atoms with E-state index in [4.69, 9.17) is 0 Å². The number of ketones is 1. The molecule has 0 fully saturated rings. The molecule has 144 valence electrons. The summed E-state index contributed by atoms with van der Waals surface area (Å²) in [6.07, 6.45) is 0. The number of non-ortho nitro benzene ring substituents is 1. The highest BCUT2D eigenvalue weighted by molar-refractivity contribution is 7.12. The van der Waals surface area contributed by atoms with Crippen LogP contribution in [0.4, 0.5) is 11.4 Å². The molecule has 0 saturated carbocycles. The fourth-order valence-electron chi connectivity index (χ4n) is 3.36. The molecule has 1 aromatic heterocycles. The zero-order valence-corrected chi connectivity index (χ0v) is 15.7. The number of aliphatic hydroxyl groups is 1. The first-order valence-corrected chi connectivity index (χ1v) is 9.51. The van der Waals surface area contributed by atoms with Gasteiger partial charge >= 0.3 is 0 Å². The van der Waals surface area contributed by atoms with Crippen molar-refractivity contribution in [3.8, 4) is 0 Å². The summed E-state index contributed by atoms with van der Waals surface area (Å²) in [5, 5.41) is 23.6. The van der Waals surface area contributed by atoms with Crippen LogP contribution < -0.4 is 4.90 Å². The fraction of sp³-hybridized carbons (Fsp3) is 0.0476. The molecule has 7 nitrogen and oxygen atoms in total. The summed E-state index contributed by atoms with van der Waals surface area (Å²) in [5.74, 6) is -1.86. The van der Waals surface area contributed by atoms with E-state index in [0.29, 0.717) is 16.1 Å². The van der Waals surface area contributed by atoms with Crippen molar-refractivity contribution in [2.75, 3.05) is 4.90 Å². The Morgan fingerprint density at radius 2 is 1.83 bits per heavy atom. The summed E-state index contributed by atoms with van der Waals surface area (Å²) >= 11 is 1.19. The molecule has 1 N–H and O–H groups in total. The predicted molar refractivity (Wildman–Crippen MR) is 108 cm³/mol. The number of aliphatic hydroxyl groups excluding tert-OH is 1. The van der Waals surface area contributed by atoms with Crippen LogP contribution >= 0.6 is 11.3 Å². The molecule has 1 atom stereocenters. The Kier molecular flexibility index (Phi) is 4.69. The number of nitrogens with zero attached hydrogens (tertiary/aromatic N) is 2. The fourth-order valence-corrected chi connectivity index (χ4v) is 4.03. The number of carbonyl (C=O) groups excluding carboxylic acids is 2. The summed E-state index contributed by atoms with van der Waals surface area (Å²) in [5.41, 5.74) is 0.564. The third-order valence-electron chi connectivity index (χ3n) is 4.63. The highest BCUT2D eigenvalue weighted by Crippen LogP contribution is 2.42. The van der Waals surface area contributed by atoms with Crippen molar-refractivity contribution in [2.45, 2.75) is 6.04 Å². The molecular formula is C21H14N2O5S. The smallest absolute Gasteiger partial charge is 0.294 e. The largest absolute Gasteiger partial charge is 0.503 e. The molecule has 8 heteroatoms. The molecule has 2 heterocycles. The van der Waals surface area contributed by atoms with Gasteiger partial charge < -0.3 is 5.11 Å². The summed E-state index contributed by atoms with van der Waals surface area (Å²) in [6, 6.07) is 16.6. The average Bonchev–Trinajstić information content (AvgIpc) is 3.36. The second kappa shape index (κ2) is 7.33. The van der Waals surface area contributed by atoms with Crippen LogP contribution in [0.15, 0.2) is 83.4 Å². The van der Waals surface area contributed by atoms with Gasteiger partial charge in [0, 0.05) is 17.8 Å². The lowest BCUT2D eigenvalue weighted by molar-refractivity contribution is -0.384. The van der Waals surface area contributed by atoms with Gasteiger partial charge in [0.2, 0.25) is 5.78 Å². The number of hydrogen-bond donors (Lipinski definition) is 1. The third-order valence-corrected chi connectivity index (χ3v) is 5.50. The lowest BCUT2D eigenvalue weighted by atomic mass is 9.95. The van der Waals surface area contributed by atoms with E-state index in [2.05, 4.69) is 0 Å². The number of carbonyl (C=O) groups is 2. The van der Waals surface area contributed by atoms with Gasteiger partial charge in [-0.25, -0.2) is 0 Å². The lowest BCUT2D eigenvalue weighted by Gasteiger charge is -2.26. The second-order valence-corrected chi connectivity index (χ2v) is 7.28. The Morgan fingerprint density at radius 1 is 1.07 bits per heavy atom. The normalized spacial score (nSPS) is 16.3. The maximum atomic E-state index is 13.1. The number of anilines is 1. The zero-order valence-electron chi connectivity index (χ0n) is 14.9. The molecule has 1 aliphatic rings. The first-order chi connectivity index (χ1) is 14.0. The summed E-state index contributed by atoms with van der Waals surface area (Å²) < 4.78 is 0. The SMILES string of the molecule is O=C(C1=C(O)C(=O)N(c2ccccc2)[C@@H]1c1cccc([N+](=O)[O-])c1)c1cccs1. The highest BCUT2D eigenvalue weighted by atomic mass is 32.1. The van der Waals surface area contributed by atoms with Crippen molar-refractivity contribution in [3.05, 3.63) is 104 Å². The minimum atomic E-state index is -0.987. The van der Waals surface area contributed by atoms with Crippen LogP contribution in [0.2, 0.25) is 0 Å².